The van der Waals surface area contributed by atoms with Gasteiger partial charge >= 0.3 is 0 Å². The first-order valence-electron chi connectivity index (χ1n) is 5.49. The van der Waals surface area contributed by atoms with Crippen molar-refractivity contribution in [1.82, 2.24) is 15.3 Å². The lowest BCUT2D eigenvalue weighted by atomic mass is 10.1. The molecule has 1 aliphatic heterocycles. The molecule has 0 unspecified atom stereocenters. The van der Waals surface area contributed by atoms with E-state index < -0.39 is 9.84 Å². The molecule has 5 nitrogen and oxygen atoms in total. The van der Waals surface area contributed by atoms with Gasteiger partial charge in [0.2, 0.25) is 0 Å². The molecule has 0 radical (unpaired) electrons. The first kappa shape index (κ1) is 11.6. The number of rotatable bonds is 3. The van der Waals surface area contributed by atoms with E-state index >= 15 is 0 Å². The monoisotopic (exact) mass is 243 g/mol. The second-order valence-corrected chi connectivity index (χ2v) is 6.60. The lowest BCUT2D eigenvalue weighted by Gasteiger charge is -2.22. The van der Waals surface area contributed by atoms with Crippen LogP contribution in [0.3, 0.4) is 0 Å². The van der Waals surface area contributed by atoms with Gasteiger partial charge < -0.3 is 10.3 Å². The number of hydrogen-bond acceptors (Lipinski definition) is 4. The number of nitrogens with one attached hydrogen (secondary N) is 2. The molecule has 0 spiro atoms. The summed E-state index contributed by atoms with van der Waals surface area (Å²) in [5.74, 6) is 1.53. The molecule has 0 aromatic carbocycles. The van der Waals surface area contributed by atoms with E-state index in [-0.39, 0.29) is 0 Å². The van der Waals surface area contributed by atoms with E-state index in [0.29, 0.717) is 17.5 Å². The summed E-state index contributed by atoms with van der Waals surface area (Å²) in [4.78, 5) is 7.25. The Morgan fingerprint density at radius 1 is 1.50 bits per heavy atom. The van der Waals surface area contributed by atoms with Crippen LogP contribution in [0.4, 0.5) is 0 Å². The zero-order valence-electron chi connectivity index (χ0n) is 9.36. The van der Waals surface area contributed by atoms with Crippen LogP contribution in [0, 0.1) is 6.92 Å². The van der Waals surface area contributed by atoms with Crippen LogP contribution in [-0.4, -0.2) is 35.9 Å². The van der Waals surface area contributed by atoms with Crippen molar-refractivity contribution in [1.29, 1.82) is 0 Å². The maximum Gasteiger partial charge on any atom is 0.150 e. The van der Waals surface area contributed by atoms with Crippen molar-refractivity contribution >= 4 is 9.84 Å². The number of H-pyrrole nitrogens is 1. The van der Waals surface area contributed by atoms with Crippen LogP contribution in [0.2, 0.25) is 0 Å². The predicted octanol–water partition coefficient (Wildman–Crippen LogP) is 0.385. The van der Waals surface area contributed by atoms with Crippen molar-refractivity contribution in [3.05, 3.63) is 17.7 Å². The minimum atomic E-state index is -2.75. The Morgan fingerprint density at radius 2 is 2.19 bits per heavy atom. The highest BCUT2D eigenvalue weighted by Gasteiger charge is 2.22. The van der Waals surface area contributed by atoms with Gasteiger partial charge in [0.05, 0.1) is 11.5 Å². The van der Waals surface area contributed by atoms with Crippen molar-refractivity contribution in [3.63, 3.8) is 0 Å². The fourth-order valence-electron chi connectivity index (χ4n) is 1.91. The smallest absolute Gasteiger partial charge is 0.150 e. The van der Waals surface area contributed by atoms with E-state index in [1.807, 2.05) is 13.1 Å². The Bertz CT molecular complexity index is 438. The van der Waals surface area contributed by atoms with Gasteiger partial charge in [-0.05, 0) is 19.8 Å². The highest BCUT2D eigenvalue weighted by Crippen LogP contribution is 2.12. The summed E-state index contributed by atoms with van der Waals surface area (Å²) < 4.78 is 22.5. The Labute approximate surface area is 95.6 Å². The van der Waals surface area contributed by atoms with Crippen molar-refractivity contribution in [3.8, 4) is 0 Å². The number of aromatic amines is 1. The number of aromatic nitrogens is 2. The van der Waals surface area contributed by atoms with Crippen molar-refractivity contribution < 1.29 is 8.42 Å². The van der Waals surface area contributed by atoms with Crippen LogP contribution in [0.25, 0.3) is 0 Å². The lowest BCUT2D eigenvalue weighted by Crippen LogP contribution is -2.37. The number of hydrogen-bond donors (Lipinski definition) is 2. The third-order valence-electron chi connectivity index (χ3n) is 2.89. The molecule has 90 valence electrons. The third kappa shape index (κ3) is 3.05. The maximum absolute atomic E-state index is 11.2. The molecule has 2 N–H and O–H groups in total. The van der Waals surface area contributed by atoms with Crippen LogP contribution < -0.4 is 5.32 Å². The first-order chi connectivity index (χ1) is 7.55. The molecule has 1 saturated heterocycles. The van der Waals surface area contributed by atoms with Crippen molar-refractivity contribution in [2.24, 2.45) is 0 Å². The van der Waals surface area contributed by atoms with Crippen molar-refractivity contribution in [2.75, 3.05) is 11.5 Å². The van der Waals surface area contributed by atoms with E-state index in [1.54, 1.807) is 0 Å². The minimum Gasteiger partial charge on any atom is -0.345 e. The van der Waals surface area contributed by atoms with Gasteiger partial charge in [0.1, 0.15) is 15.7 Å². The fourth-order valence-corrected chi connectivity index (χ4v) is 3.40. The summed E-state index contributed by atoms with van der Waals surface area (Å²) in [7, 11) is -2.75. The molecule has 1 aromatic rings. The van der Waals surface area contributed by atoms with Crippen LogP contribution >= 0.6 is 0 Å². The van der Waals surface area contributed by atoms with Crippen LogP contribution in [0.5, 0.6) is 0 Å². The molecular formula is C10H17N3O2S. The molecule has 0 atom stereocenters. The van der Waals surface area contributed by atoms with E-state index in [0.717, 1.165) is 30.9 Å². The second kappa shape index (κ2) is 4.55. The van der Waals surface area contributed by atoms with Gasteiger partial charge in [-0.15, -0.1) is 0 Å². The number of sulfone groups is 1. The molecule has 1 aliphatic rings. The summed E-state index contributed by atoms with van der Waals surface area (Å²) in [6.45, 7) is 2.64. The van der Waals surface area contributed by atoms with Gasteiger partial charge in [-0.3, -0.25) is 0 Å². The molecule has 2 heterocycles. The molecule has 0 bridgehead atoms. The summed E-state index contributed by atoms with van der Waals surface area (Å²) >= 11 is 0. The molecule has 6 heteroatoms. The van der Waals surface area contributed by atoms with Gasteiger partial charge in [0.15, 0.2) is 0 Å². The second-order valence-electron chi connectivity index (χ2n) is 4.30. The first-order valence-corrected chi connectivity index (χ1v) is 7.31. The highest BCUT2D eigenvalue weighted by atomic mass is 32.2. The van der Waals surface area contributed by atoms with E-state index in [1.165, 1.54) is 0 Å². The largest absolute Gasteiger partial charge is 0.345 e. The highest BCUT2D eigenvalue weighted by molar-refractivity contribution is 7.91. The van der Waals surface area contributed by atoms with Crippen molar-refractivity contribution in [2.45, 2.75) is 32.4 Å². The molecule has 0 aliphatic carbocycles. The minimum absolute atomic E-state index is 0.312. The molecule has 1 aromatic heterocycles. The lowest BCUT2D eigenvalue weighted by molar-refractivity contribution is 0.460. The number of imidazole rings is 1. The molecular weight excluding hydrogens is 226 g/mol. The molecule has 0 amide bonds. The third-order valence-corrected chi connectivity index (χ3v) is 4.61. The average Bonchev–Trinajstić information content (AvgIpc) is 2.63. The zero-order valence-corrected chi connectivity index (χ0v) is 10.2. The SMILES string of the molecule is Cc1ncc(CNC2CCS(=O)(=O)CC2)[nH]1. The van der Waals surface area contributed by atoms with E-state index in [4.69, 9.17) is 0 Å². The van der Waals surface area contributed by atoms with E-state index in [9.17, 15) is 8.42 Å². The maximum atomic E-state index is 11.2. The predicted molar refractivity (Wildman–Crippen MR) is 61.8 cm³/mol. The zero-order chi connectivity index (χ0) is 11.6. The quantitative estimate of drug-likeness (QED) is 0.805. The molecule has 2 rings (SSSR count). The van der Waals surface area contributed by atoms with E-state index in [2.05, 4.69) is 15.3 Å². The van der Waals surface area contributed by atoms with Gasteiger partial charge in [-0.1, -0.05) is 0 Å². The molecule has 16 heavy (non-hydrogen) atoms. The average molecular weight is 243 g/mol. The Morgan fingerprint density at radius 3 is 2.75 bits per heavy atom. The summed E-state index contributed by atoms with van der Waals surface area (Å²) in [6.07, 6.45) is 3.24. The number of nitrogens with zero attached hydrogens (tertiary/aromatic N) is 1. The fraction of sp³-hybridized carbons (Fsp3) is 0.700. The van der Waals surface area contributed by atoms with Gasteiger partial charge in [0.25, 0.3) is 0 Å². The number of aryl methyl sites for hydroxylation is 1. The standard InChI is InChI=1S/C10H17N3O2S/c1-8-11-6-10(13-8)7-12-9-2-4-16(14,15)5-3-9/h6,9,12H,2-5,7H2,1H3,(H,11,13). The van der Waals surface area contributed by atoms with Crippen LogP contribution in [0.1, 0.15) is 24.4 Å². The Balaban J connectivity index is 1.80. The van der Waals surface area contributed by atoms with Gasteiger partial charge in [-0.25, -0.2) is 13.4 Å². The summed E-state index contributed by atoms with van der Waals surface area (Å²) in [6, 6.07) is 0.312. The topological polar surface area (TPSA) is 74.8 Å². The van der Waals surface area contributed by atoms with Gasteiger partial charge in [-0.2, -0.15) is 0 Å². The Kier molecular flexibility index (Phi) is 3.30. The Hall–Kier alpha value is -0.880. The van der Waals surface area contributed by atoms with Gasteiger partial charge in [0, 0.05) is 24.5 Å². The summed E-state index contributed by atoms with van der Waals surface area (Å²) in [5, 5.41) is 3.35. The van der Waals surface area contributed by atoms with Crippen LogP contribution in [0.15, 0.2) is 6.20 Å². The molecule has 0 saturated carbocycles. The summed E-state index contributed by atoms with van der Waals surface area (Å²) in [5.41, 5.74) is 1.05. The normalized spacial score (nSPS) is 21.1. The molecule has 1 fully saturated rings. The van der Waals surface area contributed by atoms with Crippen LogP contribution in [-0.2, 0) is 16.4 Å².